The Morgan fingerprint density at radius 2 is 2.00 bits per heavy atom. The molecule has 0 amide bonds. The maximum atomic E-state index is 6.17. The molecule has 1 rings (SSSR count). The molecule has 1 fully saturated rings. The molecule has 3 heteroatoms. The van der Waals surface area contributed by atoms with Crippen LogP contribution in [0.25, 0.3) is 0 Å². The molecule has 1 saturated heterocycles. The second kappa shape index (κ2) is 7.25. The summed E-state index contributed by atoms with van der Waals surface area (Å²) in [6, 6.07) is 0.315. The van der Waals surface area contributed by atoms with E-state index in [1.165, 1.54) is 25.8 Å². The minimum Gasteiger partial charge on any atom is -0.381 e. The highest BCUT2D eigenvalue weighted by atomic mass is 16.5. The topological polar surface area (TPSA) is 38.5 Å². The standard InChI is InChI=1S/C13H28N2O/c1-4-11(2)13(14)10-15(3)9-12-5-7-16-8-6-12/h11-13H,4-10,14H2,1-3H3. The van der Waals surface area contributed by atoms with Gasteiger partial charge in [-0.05, 0) is 31.7 Å². The van der Waals surface area contributed by atoms with E-state index in [1.807, 2.05) is 0 Å². The van der Waals surface area contributed by atoms with E-state index in [0.717, 1.165) is 25.7 Å². The van der Waals surface area contributed by atoms with Gasteiger partial charge in [0.2, 0.25) is 0 Å². The van der Waals surface area contributed by atoms with Gasteiger partial charge >= 0.3 is 0 Å². The van der Waals surface area contributed by atoms with Crippen LogP contribution in [0, 0.1) is 11.8 Å². The number of rotatable bonds is 6. The van der Waals surface area contributed by atoms with Crippen LogP contribution in [-0.2, 0) is 4.74 Å². The van der Waals surface area contributed by atoms with Crippen molar-refractivity contribution in [2.45, 2.75) is 39.2 Å². The van der Waals surface area contributed by atoms with Gasteiger partial charge in [-0.2, -0.15) is 0 Å². The lowest BCUT2D eigenvalue weighted by Gasteiger charge is -2.30. The molecule has 2 unspecified atom stereocenters. The minimum atomic E-state index is 0.315. The predicted molar refractivity (Wildman–Crippen MR) is 68.5 cm³/mol. The van der Waals surface area contributed by atoms with Gasteiger partial charge in [0.15, 0.2) is 0 Å². The summed E-state index contributed by atoms with van der Waals surface area (Å²) in [6.07, 6.45) is 3.60. The highest BCUT2D eigenvalue weighted by Gasteiger charge is 2.18. The van der Waals surface area contributed by atoms with Gasteiger partial charge in [-0.25, -0.2) is 0 Å². The molecule has 96 valence electrons. The molecule has 3 nitrogen and oxygen atoms in total. The van der Waals surface area contributed by atoms with E-state index in [1.54, 1.807) is 0 Å². The van der Waals surface area contributed by atoms with Gasteiger partial charge in [-0.15, -0.1) is 0 Å². The summed E-state index contributed by atoms with van der Waals surface area (Å²) in [4.78, 5) is 2.40. The van der Waals surface area contributed by atoms with Crippen LogP contribution in [0.2, 0.25) is 0 Å². The van der Waals surface area contributed by atoms with Crippen molar-refractivity contribution in [2.75, 3.05) is 33.4 Å². The number of ether oxygens (including phenoxy) is 1. The van der Waals surface area contributed by atoms with Crippen LogP contribution in [0.3, 0.4) is 0 Å². The van der Waals surface area contributed by atoms with Gasteiger partial charge in [0.1, 0.15) is 0 Å². The van der Waals surface area contributed by atoms with Crippen molar-refractivity contribution in [3.8, 4) is 0 Å². The Kier molecular flexibility index (Phi) is 6.32. The number of nitrogens with two attached hydrogens (primary N) is 1. The fourth-order valence-electron chi connectivity index (χ4n) is 2.29. The first-order chi connectivity index (χ1) is 7.63. The van der Waals surface area contributed by atoms with Crippen LogP contribution in [-0.4, -0.2) is 44.3 Å². The van der Waals surface area contributed by atoms with E-state index in [9.17, 15) is 0 Å². The molecule has 2 N–H and O–H groups in total. The molecule has 0 aromatic carbocycles. The normalized spacial score (nSPS) is 22.3. The zero-order valence-corrected chi connectivity index (χ0v) is 11.1. The number of likely N-dealkylation sites (N-methyl/N-ethyl adjacent to an activating group) is 1. The third-order valence-electron chi connectivity index (χ3n) is 3.81. The van der Waals surface area contributed by atoms with Gasteiger partial charge in [0.25, 0.3) is 0 Å². The third kappa shape index (κ3) is 4.81. The highest BCUT2D eigenvalue weighted by molar-refractivity contribution is 4.74. The monoisotopic (exact) mass is 228 g/mol. The van der Waals surface area contributed by atoms with Crippen molar-refractivity contribution >= 4 is 0 Å². The zero-order valence-electron chi connectivity index (χ0n) is 11.1. The molecule has 1 aliphatic rings. The van der Waals surface area contributed by atoms with Crippen LogP contribution in [0.1, 0.15) is 33.1 Å². The van der Waals surface area contributed by atoms with E-state index in [4.69, 9.17) is 10.5 Å². The van der Waals surface area contributed by atoms with E-state index in [-0.39, 0.29) is 0 Å². The average Bonchev–Trinajstić information content (AvgIpc) is 2.29. The van der Waals surface area contributed by atoms with Crippen LogP contribution < -0.4 is 5.73 Å². The van der Waals surface area contributed by atoms with Gasteiger partial charge in [-0.3, -0.25) is 0 Å². The lowest BCUT2D eigenvalue weighted by atomic mass is 9.97. The second-order valence-corrected chi connectivity index (χ2v) is 5.33. The van der Waals surface area contributed by atoms with Gasteiger partial charge in [0, 0.05) is 32.3 Å². The summed E-state index contributed by atoms with van der Waals surface area (Å²) in [6.45, 7) is 8.53. The Morgan fingerprint density at radius 1 is 1.38 bits per heavy atom. The SMILES string of the molecule is CCC(C)C(N)CN(C)CC1CCOCC1. The van der Waals surface area contributed by atoms with Gasteiger partial charge in [0.05, 0.1) is 0 Å². The Hall–Kier alpha value is -0.120. The molecule has 0 saturated carbocycles. The van der Waals surface area contributed by atoms with Gasteiger partial charge in [-0.1, -0.05) is 20.3 Å². The van der Waals surface area contributed by atoms with Crippen molar-refractivity contribution in [1.82, 2.24) is 4.90 Å². The minimum absolute atomic E-state index is 0.315. The van der Waals surface area contributed by atoms with Crippen molar-refractivity contribution in [2.24, 2.45) is 17.6 Å². The summed E-state index contributed by atoms with van der Waals surface area (Å²) in [7, 11) is 2.19. The quantitative estimate of drug-likeness (QED) is 0.752. The van der Waals surface area contributed by atoms with E-state index in [2.05, 4.69) is 25.8 Å². The van der Waals surface area contributed by atoms with Crippen molar-refractivity contribution in [3.63, 3.8) is 0 Å². The molecule has 1 aliphatic heterocycles. The maximum absolute atomic E-state index is 6.17. The second-order valence-electron chi connectivity index (χ2n) is 5.33. The van der Waals surface area contributed by atoms with Crippen LogP contribution in [0.15, 0.2) is 0 Å². The lowest BCUT2D eigenvalue weighted by molar-refractivity contribution is 0.0545. The number of hydrogen-bond acceptors (Lipinski definition) is 3. The Bertz CT molecular complexity index is 177. The molecule has 0 aliphatic carbocycles. The molecule has 0 aromatic rings. The maximum Gasteiger partial charge on any atom is 0.0469 e. The molecule has 0 radical (unpaired) electrons. The number of nitrogens with zero attached hydrogens (tertiary/aromatic N) is 1. The first-order valence-electron chi connectivity index (χ1n) is 6.65. The Morgan fingerprint density at radius 3 is 2.56 bits per heavy atom. The molecule has 0 bridgehead atoms. The lowest BCUT2D eigenvalue weighted by Crippen LogP contribution is -2.41. The molecule has 1 heterocycles. The summed E-state index contributed by atoms with van der Waals surface area (Å²) >= 11 is 0. The van der Waals surface area contributed by atoms with Crippen LogP contribution in [0.5, 0.6) is 0 Å². The molecule has 0 spiro atoms. The van der Waals surface area contributed by atoms with E-state index >= 15 is 0 Å². The molecular weight excluding hydrogens is 200 g/mol. The van der Waals surface area contributed by atoms with Crippen LogP contribution >= 0.6 is 0 Å². The van der Waals surface area contributed by atoms with Crippen molar-refractivity contribution in [1.29, 1.82) is 0 Å². The average molecular weight is 228 g/mol. The highest BCUT2D eigenvalue weighted by Crippen LogP contribution is 2.16. The molecule has 2 atom stereocenters. The molecular formula is C13H28N2O. The molecule has 16 heavy (non-hydrogen) atoms. The number of hydrogen-bond donors (Lipinski definition) is 1. The largest absolute Gasteiger partial charge is 0.381 e. The molecule has 0 aromatic heterocycles. The summed E-state index contributed by atoms with van der Waals surface area (Å²) in [5, 5.41) is 0. The first kappa shape index (κ1) is 13.9. The third-order valence-corrected chi connectivity index (χ3v) is 3.81. The first-order valence-corrected chi connectivity index (χ1v) is 6.65. The van der Waals surface area contributed by atoms with Gasteiger partial charge < -0.3 is 15.4 Å². The Labute approximate surface area is 100 Å². The fraction of sp³-hybridized carbons (Fsp3) is 1.00. The van der Waals surface area contributed by atoms with E-state index in [0.29, 0.717) is 12.0 Å². The zero-order chi connectivity index (χ0) is 12.0. The van der Waals surface area contributed by atoms with E-state index < -0.39 is 0 Å². The summed E-state index contributed by atoms with van der Waals surface area (Å²) < 4.78 is 5.37. The van der Waals surface area contributed by atoms with Crippen molar-refractivity contribution < 1.29 is 4.74 Å². The summed E-state index contributed by atoms with van der Waals surface area (Å²) in [5.41, 5.74) is 6.17. The predicted octanol–water partition coefficient (Wildman–Crippen LogP) is 1.72. The van der Waals surface area contributed by atoms with Crippen LogP contribution in [0.4, 0.5) is 0 Å². The van der Waals surface area contributed by atoms with Crippen molar-refractivity contribution in [3.05, 3.63) is 0 Å². The summed E-state index contributed by atoms with van der Waals surface area (Å²) in [5.74, 6) is 1.43. The smallest absolute Gasteiger partial charge is 0.0469 e. The fourth-order valence-corrected chi connectivity index (χ4v) is 2.29. The Balaban J connectivity index is 2.20.